The number of furan rings is 1. The van der Waals surface area contributed by atoms with Gasteiger partial charge in [0.1, 0.15) is 23.9 Å². The Morgan fingerprint density at radius 1 is 1.28 bits per heavy atom. The maximum absolute atomic E-state index is 6.08. The zero-order valence-electron chi connectivity index (χ0n) is 10.5. The summed E-state index contributed by atoms with van der Waals surface area (Å²) in [6, 6.07) is 7.62. The van der Waals surface area contributed by atoms with Crippen molar-refractivity contribution in [2.75, 3.05) is 0 Å². The van der Waals surface area contributed by atoms with Crippen LogP contribution in [-0.4, -0.2) is 0 Å². The fraction of sp³-hybridized carbons (Fsp3) is 0.286. The number of halogens is 1. The summed E-state index contributed by atoms with van der Waals surface area (Å²) in [5.41, 5.74) is 7.71. The Kier molecular flexibility index (Phi) is 3.94. The van der Waals surface area contributed by atoms with Crippen LogP contribution >= 0.6 is 11.6 Å². The van der Waals surface area contributed by atoms with Crippen LogP contribution < -0.4 is 10.5 Å². The lowest BCUT2D eigenvalue weighted by Gasteiger charge is -2.06. The van der Waals surface area contributed by atoms with Gasteiger partial charge in [-0.15, -0.1) is 0 Å². The third-order valence-electron chi connectivity index (χ3n) is 2.71. The number of nitrogens with two attached hydrogens (primary N) is 1. The highest BCUT2D eigenvalue weighted by molar-refractivity contribution is 6.32. The predicted octanol–water partition coefficient (Wildman–Crippen LogP) is 3.59. The van der Waals surface area contributed by atoms with Gasteiger partial charge in [0.2, 0.25) is 0 Å². The standard InChI is InChI=1S/C14H16ClNO2/c1-9-3-4-13(12(15)5-9)17-8-11-6-10(2)14(7-16)18-11/h3-6H,7-8,16H2,1-2H3. The van der Waals surface area contributed by atoms with E-state index in [0.29, 0.717) is 23.9 Å². The second-order valence-electron chi connectivity index (χ2n) is 4.25. The van der Waals surface area contributed by atoms with Crippen molar-refractivity contribution in [2.24, 2.45) is 5.73 Å². The molecule has 0 amide bonds. The number of hydrogen-bond donors (Lipinski definition) is 1. The highest BCUT2D eigenvalue weighted by atomic mass is 35.5. The first-order valence-corrected chi connectivity index (χ1v) is 6.15. The van der Waals surface area contributed by atoms with E-state index < -0.39 is 0 Å². The lowest BCUT2D eigenvalue weighted by atomic mass is 10.2. The van der Waals surface area contributed by atoms with Crippen LogP contribution in [0.3, 0.4) is 0 Å². The maximum Gasteiger partial charge on any atom is 0.146 e. The topological polar surface area (TPSA) is 48.4 Å². The quantitative estimate of drug-likeness (QED) is 0.919. The first-order valence-electron chi connectivity index (χ1n) is 5.77. The van der Waals surface area contributed by atoms with Gasteiger partial charge in [0.05, 0.1) is 11.6 Å². The van der Waals surface area contributed by atoms with Crippen molar-refractivity contribution >= 4 is 11.6 Å². The van der Waals surface area contributed by atoms with E-state index in [2.05, 4.69) is 0 Å². The molecular formula is C14H16ClNO2. The van der Waals surface area contributed by atoms with Crippen molar-refractivity contribution in [1.82, 2.24) is 0 Å². The van der Waals surface area contributed by atoms with Crippen molar-refractivity contribution < 1.29 is 9.15 Å². The molecule has 1 aromatic heterocycles. The average molecular weight is 266 g/mol. The molecular weight excluding hydrogens is 250 g/mol. The normalized spacial score (nSPS) is 10.7. The molecule has 0 unspecified atom stereocenters. The summed E-state index contributed by atoms with van der Waals surface area (Å²) in [4.78, 5) is 0. The van der Waals surface area contributed by atoms with Gasteiger partial charge in [-0.2, -0.15) is 0 Å². The molecule has 0 fully saturated rings. The molecule has 2 rings (SSSR count). The van der Waals surface area contributed by atoms with Crippen molar-refractivity contribution in [2.45, 2.75) is 27.0 Å². The number of hydrogen-bond acceptors (Lipinski definition) is 3. The van der Waals surface area contributed by atoms with E-state index in [-0.39, 0.29) is 0 Å². The molecule has 0 radical (unpaired) electrons. The summed E-state index contributed by atoms with van der Waals surface area (Å²) < 4.78 is 11.2. The van der Waals surface area contributed by atoms with Crippen LogP contribution in [0, 0.1) is 13.8 Å². The Hall–Kier alpha value is -1.45. The summed E-state index contributed by atoms with van der Waals surface area (Å²) in [5, 5.41) is 0.609. The van der Waals surface area contributed by atoms with Crippen LogP contribution in [0.25, 0.3) is 0 Å². The Morgan fingerprint density at radius 2 is 2.06 bits per heavy atom. The molecule has 0 atom stereocenters. The smallest absolute Gasteiger partial charge is 0.146 e. The van der Waals surface area contributed by atoms with E-state index in [1.54, 1.807) is 0 Å². The molecule has 0 aliphatic heterocycles. The summed E-state index contributed by atoms with van der Waals surface area (Å²) in [5.74, 6) is 2.21. The number of rotatable bonds is 4. The molecule has 1 aromatic carbocycles. The van der Waals surface area contributed by atoms with Gasteiger partial charge in [-0.3, -0.25) is 0 Å². The molecule has 0 aliphatic rings. The molecule has 96 valence electrons. The van der Waals surface area contributed by atoms with Crippen LogP contribution in [0.15, 0.2) is 28.7 Å². The second kappa shape index (κ2) is 5.46. The molecule has 0 saturated carbocycles. The zero-order valence-corrected chi connectivity index (χ0v) is 11.3. The van der Waals surface area contributed by atoms with E-state index in [1.165, 1.54) is 0 Å². The van der Waals surface area contributed by atoms with E-state index in [0.717, 1.165) is 22.6 Å². The number of benzene rings is 1. The van der Waals surface area contributed by atoms with Gasteiger partial charge in [0.25, 0.3) is 0 Å². The third-order valence-corrected chi connectivity index (χ3v) is 3.01. The number of ether oxygens (including phenoxy) is 1. The van der Waals surface area contributed by atoms with Crippen LogP contribution in [0.2, 0.25) is 5.02 Å². The van der Waals surface area contributed by atoms with E-state index >= 15 is 0 Å². The fourth-order valence-corrected chi connectivity index (χ4v) is 2.03. The molecule has 18 heavy (non-hydrogen) atoms. The molecule has 0 aliphatic carbocycles. The molecule has 0 saturated heterocycles. The zero-order chi connectivity index (χ0) is 13.1. The lowest BCUT2D eigenvalue weighted by molar-refractivity contribution is 0.266. The average Bonchev–Trinajstić information content (AvgIpc) is 2.69. The van der Waals surface area contributed by atoms with E-state index in [4.69, 9.17) is 26.5 Å². The summed E-state index contributed by atoms with van der Waals surface area (Å²) >= 11 is 6.08. The molecule has 2 aromatic rings. The first kappa shape index (κ1) is 13.0. The summed E-state index contributed by atoms with van der Waals surface area (Å²) in [6.45, 7) is 4.70. The lowest BCUT2D eigenvalue weighted by Crippen LogP contribution is -1.96. The minimum absolute atomic E-state index is 0.351. The largest absolute Gasteiger partial charge is 0.484 e. The van der Waals surface area contributed by atoms with Crippen molar-refractivity contribution in [3.63, 3.8) is 0 Å². The SMILES string of the molecule is Cc1ccc(OCc2cc(C)c(CN)o2)c(Cl)c1. The Morgan fingerprint density at radius 3 is 2.67 bits per heavy atom. The predicted molar refractivity (Wildman–Crippen MR) is 71.9 cm³/mol. The van der Waals surface area contributed by atoms with Gasteiger partial charge in [0, 0.05) is 0 Å². The van der Waals surface area contributed by atoms with Gasteiger partial charge >= 0.3 is 0 Å². The van der Waals surface area contributed by atoms with Gasteiger partial charge in [-0.25, -0.2) is 0 Å². The van der Waals surface area contributed by atoms with Crippen LogP contribution in [-0.2, 0) is 13.2 Å². The third kappa shape index (κ3) is 2.86. The van der Waals surface area contributed by atoms with Crippen LogP contribution in [0.5, 0.6) is 5.75 Å². The second-order valence-corrected chi connectivity index (χ2v) is 4.65. The van der Waals surface area contributed by atoms with Crippen molar-refractivity contribution in [1.29, 1.82) is 0 Å². The van der Waals surface area contributed by atoms with Crippen LogP contribution in [0.1, 0.15) is 22.6 Å². The van der Waals surface area contributed by atoms with Gasteiger partial charge < -0.3 is 14.9 Å². The molecule has 1 heterocycles. The highest BCUT2D eigenvalue weighted by Crippen LogP contribution is 2.26. The van der Waals surface area contributed by atoms with Crippen molar-refractivity contribution in [3.05, 3.63) is 51.9 Å². The molecule has 2 N–H and O–H groups in total. The molecule has 0 spiro atoms. The Balaban J connectivity index is 2.06. The summed E-state index contributed by atoms with van der Waals surface area (Å²) in [6.07, 6.45) is 0. The van der Waals surface area contributed by atoms with E-state index in [9.17, 15) is 0 Å². The molecule has 0 bridgehead atoms. The fourth-order valence-electron chi connectivity index (χ4n) is 1.74. The molecule has 3 nitrogen and oxygen atoms in total. The van der Waals surface area contributed by atoms with Crippen LogP contribution in [0.4, 0.5) is 0 Å². The Labute approximate surface area is 111 Å². The van der Waals surface area contributed by atoms with Crippen molar-refractivity contribution in [3.8, 4) is 5.75 Å². The first-order chi connectivity index (χ1) is 8.60. The minimum Gasteiger partial charge on any atom is -0.484 e. The van der Waals surface area contributed by atoms with Gasteiger partial charge in [-0.05, 0) is 43.2 Å². The van der Waals surface area contributed by atoms with Gasteiger partial charge in [-0.1, -0.05) is 17.7 Å². The van der Waals surface area contributed by atoms with E-state index in [1.807, 2.05) is 38.1 Å². The monoisotopic (exact) mass is 265 g/mol. The number of aryl methyl sites for hydroxylation is 2. The molecule has 4 heteroatoms. The Bertz CT molecular complexity index is 549. The minimum atomic E-state index is 0.351. The summed E-state index contributed by atoms with van der Waals surface area (Å²) in [7, 11) is 0. The highest BCUT2D eigenvalue weighted by Gasteiger charge is 2.08. The maximum atomic E-state index is 6.08. The van der Waals surface area contributed by atoms with Gasteiger partial charge in [0.15, 0.2) is 0 Å².